The number of carbonyl (C=O) groups excluding carboxylic acids is 1. The van der Waals surface area contributed by atoms with Gasteiger partial charge in [-0.2, -0.15) is 17.0 Å². The predicted octanol–water partition coefficient (Wildman–Crippen LogP) is 1.44. The molecule has 1 saturated heterocycles. The SMILES string of the molecule is CC(NC(=O)C1CSCCN1)c1ccc(C#N)cc1. The number of nitrogens with one attached hydrogen (secondary N) is 2. The lowest BCUT2D eigenvalue weighted by Gasteiger charge is -2.24. The fourth-order valence-corrected chi connectivity index (χ4v) is 2.91. The normalized spacial score (nSPS) is 20.3. The van der Waals surface area contributed by atoms with Crippen LogP contribution in [0.15, 0.2) is 24.3 Å². The Bertz CT molecular complexity index is 474. The van der Waals surface area contributed by atoms with E-state index < -0.39 is 0 Å². The predicted molar refractivity (Wildman–Crippen MR) is 76.8 cm³/mol. The van der Waals surface area contributed by atoms with Crippen LogP contribution >= 0.6 is 11.8 Å². The van der Waals surface area contributed by atoms with Crippen LogP contribution in [0.5, 0.6) is 0 Å². The lowest BCUT2D eigenvalue weighted by atomic mass is 10.1. The molecule has 19 heavy (non-hydrogen) atoms. The largest absolute Gasteiger partial charge is 0.348 e. The fraction of sp³-hybridized carbons (Fsp3) is 0.429. The first-order chi connectivity index (χ1) is 9.20. The molecule has 2 atom stereocenters. The number of rotatable bonds is 3. The maximum absolute atomic E-state index is 12.1. The molecule has 1 aliphatic rings. The van der Waals surface area contributed by atoms with Crippen molar-refractivity contribution in [1.82, 2.24) is 10.6 Å². The van der Waals surface area contributed by atoms with Crippen LogP contribution in [0.2, 0.25) is 0 Å². The summed E-state index contributed by atoms with van der Waals surface area (Å²) in [5.41, 5.74) is 1.64. The maximum Gasteiger partial charge on any atom is 0.238 e. The van der Waals surface area contributed by atoms with E-state index in [9.17, 15) is 4.79 Å². The Balaban J connectivity index is 1.93. The average molecular weight is 275 g/mol. The van der Waals surface area contributed by atoms with Crippen LogP contribution in [0.25, 0.3) is 0 Å². The van der Waals surface area contributed by atoms with Crippen molar-refractivity contribution in [2.24, 2.45) is 0 Å². The van der Waals surface area contributed by atoms with Crippen molar-refractivity contribution in [3.05, 3.63) is 35.4 Å². The molecule has 0 radical (unpaired) electrons. The monoisotopic (exact) mass is 275 g/mol. The van der Waals surface area contributed by atoms with Crippen molar-refractivity contribution < 1.29 is 4.79 Å². The van der Waals surface area contributed by atoms with Gasteiger partial charge in [-0.05, 0) is 24.6 Å². The van der Waals surface area contributed by atoms with Gasteiger partial charge in [0.15, 0.2) is 0 Å². The van der Waals surface area contributed by atoms with Crippen molar-refractivity contribution in [2.45, 2.75) is 19.0 Å². The van der Waals surface area contributed by atoms with Crippen molar-refractivity contribution in [3.63, 3.8) is 0 Å². The van der Waals surface area contributed by atoms with Gasteiger partial charge in [0.25, 0.3) is 0 Å². The number of carbonyl (C=O) groups is 1. The first-order valence-electron chi connectivity index (χ1n) is 6.32. The zero-order valence-electron chi connectivity index (χ0n) is 10.8. The van der Waals surface area contributed by atoms with Gasteiger partial charge in [0.2, 0.25) is 5.91 Å². The number of amides is 1. The molecule has 2 unspecified atom stereocenters. The smallest absolute Gasteiger partial charge is 0.238 e. The number of nitrogens with zero attached hydrogens (tertiary/aromatic N) is 1. The number of benzene rings is 1. The van der Waals surface area contributed by atoms with Gasteiger partial charge in [-0.3, -0.25) is 4.79 Å². The number of nitriles is 1. The van der Waals surface area contributed by atoms with Gasteiger partial charge in [0.1, 0.15) is 0 Å². The van der Waals surface area contributed by atoms with Crippen molar-refractivity contribution in [3.8, 4) is 6.07 Å². The lowest BCUT2D eigenvalue weighted by molar-refractivity contribution is -0.123. The van der Waals surface area contributed by atoms with E-state index in [0.717, 1.165) is 23.6 Å². The van der Waals surface area contributed by atoms with Gasteiger partial charge in [-0.1, -0.05) is 12.1 Å². The lowest BCUT2D eigenvalue weighted by Crippen LogP contribution is -2.49. The molecule has 1 aromatic carbocycles. The van der Waals surface area contributed by atoms with Crippen LogP contribution in [0.1, 0.15) is 24.1 Å². The molecule has 2 N–H and O–H groups in total. The Morgan fingerprint density at radius 1 is 1.53 bits per heavy atom. The minimum Gasteiger partial charge on any atom is -0.348 e. The molecular weight excluding hydrogens is 258 g/mol. The minimum absolute atomic E-state index is 0.0454. The Kier molecular flexibility index (Phi) is 4.83. The average Bonchev–Trinajstić information content (AvgIpc) is 2.48. The summed E-state index contributed by atoms with van der Waals surface area (Å²) < 4.78 is 0. The third kappa shape index (κ3) is 3.72. The number of hydrogen-bond acceptors (Lipinski definition) is 4. The van der Waals surface area contributed by atoms with Crippen LogP contribution in [0.4, 0.5) is 0 Å². The Labute approximate surface area is 117 Å². The van der Waals surface area contributed by atoms with Crippen molar-refractivity contribution in [2.75, 3.05) is 18.1 Å². The third-order valence-electron chi connectivity index (χ3n) is 3.14. The van der Waals surface area contributed by atoms with Gasteiger partial charge in [-0.25, -0.2) is 0 Å². The first kappa shape index (κ1) is 13.9. The van der Waals surface area contributed by atoms with E-state index in [1.165, 1.54) is 0 Å². The van der Waals surface area contributed by atoms with E-state index in [0.29, 0.717) is 5.56 Å². The molecule has 0 saturated carbocycles. The maximum atomic E-state index is 12.1. The van der Waals surface area contributed by atoms with E-state index in [-0.39, 0.29) is 18.0 Å². The van der Waals surface area contributed by atoms with Crippen LogP contribution in [-0.4, -0.2) is 30.0 Å². The van der Waals surface area contributed by atoms with E-state index in [1.807, 2.05) is 19.1 Å². The number of hydrogen-bond donors (Lipinski definition) is 2. The summed E-state index contributed by atoms with van der Waals surface area (Å²) in [5.74, 6) is 1.94. The van der Waals surface area contributed by atoms with Gasteiger partial charge in [0, 0.05) is 18.1 Å². The van der Waals surface area contributed by atoms with Crippen LogP contribution in [-0.2, 0) is 4.79 Å². The number of thioether (sulfide) groups is 1. The van der Waals surface area contributed by atoms with Gasteiger partial charge < -0.3 is 10.6 Å². The van der Waals surface area contributed by atoms with Crippen molar-refractivity contribution in [1.29, 1.82) is 5.26 Å². The Morgan fingerprint density at radius 2 is 2.26 bits per heavy atom. The molecule has 100 valence electrons. The van der Waals surface area contributed by atoms with E-state index >= 15 is 0 Å². The molecule has 0 spiro atoms. The second-order valence-electron chi connectivity index (χ2n) is 4.55. The quantitative estimate of drug-likeness (QED) is 0.876. The second-order valence-corrected chi connectivity index (χ2v) is 5.70. The van der Waals surface area contributed by atoms with Crippen LogP contribution < -0.4 is 10.6 Å². The van der Waals surface area contributed by atoms with Crippen LogP contribution in [0, 0.1) is 11.3 Å². The molecule has 1 aromatic rings. The highest BCUT2D eigenvalue weighted by Crippen LogP contribution is 2.14. The van der Waals surface area contributed by atoms with Crippen molar-refractivity contribution >= 4 is 17.7 Å². The summed E-state index contributed by atoms with van der Waals surface area (Å²) >= 11 is 1.80. The molecule has 5 heteroatoms. The highest BCUT2D eigenvalue weighted by Gasteiger charge is 2.22. The summed E-state index contributed by atoms with van der Waals surface area (Å²) in [4.78, 5) is 12.1. The summed E-state index contributed by atoms with van der Waals surface area (Å²) in [6.45, 7) is 2.84. The Hall–Kier alpha value is -1.51. The van der Waals surface area contributed by atoms with E-state index in [4.69, 9.17) is 5.26 Å². The summed E-state index contributed by atoms with van der Waals surface area (Å²) in [6.07, 6.45) is 0. The summed E-state index contributed by atoms with van der Waals surface area (Å²) in [7, 11) is 0. The minimum atomic E-state index is -0.0976. The van der Waals surface area contributed by atoms with Gasteiger partial charge in [0.05, 0.1) is 23.7 Å². The molecule has 4 nitrogen and oxygen atoms in total. The topological polar surface area (TPSA) is 64.9 Å². The molecule has 1 fully saturated rings. The highest BCUT2D eigenvalue weighted by molar-refractivity contribution is 7.99. The molecule has 1 amide bonds. The van der Waals surface area contributed by atoms with E-state index in [2.05, 4.69) is 16.7 Å². The fourth-order valence-electron chi connectivity index (χ4n) is 1.98. The summed E-state index contributed by atoms with van der Waals surface area (Å²) in [5, 5.41) is 15.0. The third-order valence-corrected chi connectivity index (χ3v) is 4.20. The zero-order valence-corrected chi connectivity index (χ0v) is 11.7. The first-order valence-corrected chi connectivity index (χ1v) is 7.48. The molecule has 2 rings (SSSR count). The molecule has 0 aliphatic carbocycles. The van der Waals surface area contributed by atoms with Gasteiger partial charge in [-0.15, -0.1) is 0 Å². The standard InChI is InChI=1S/C14H17N3OS/c1-10(12-4-2-11(8-15)3-5-12)17-14(18)13-9-19-7-6-16-13/h2-5,10,13,16H,6-7,9H2,1H3,(H,17,18). The molecule has 0 bridgehead atoms. The molecule has 1 aliphatic heterocycles. The van der Waals surface area contributed by atoms with E-state index in [1.54, 1.807) is 23.9 Å². The van der Waals surface area contributed by atoms with Gasteiger partial charge >= 0.3 is 0 Å². The Morgan fingerprint density at radius 3 is 2.84 bits per heavy atom. The molecular formula is C14H17N3OS. The molecule has 0 aromatic heterocycles. The molecule has 1 heterocycles. The second kappa shape index (κ2) is 6.60. The zero-order chi connectivity index (χ0) is 13.7. The van der Waals surface area contributed by atoms with Crippen LogP contribution in [0.3, 0.4) is 0 Å². The summed E-state index contributed by atoms with van der Waals surface area (Å²) in [6, 6.07) is 9.24. The highest BCUT2D eigenvalue weighted by atomic mass is 32.2.